The smallest absolute Gasteiger partial charge is 0.132 e. The average molecular weight is 206 g/mol. The first kappa shape index (κ1) is 10.4. The van der Waals surface area contributed by atoms with Crippen molar-refractivity contribution in [3.05, 3.63) is 18.1 Å². The van der Waals surface area contributed by atoms with Gasteiger partial charge in [-0.3, -0.25) is 0 Å². The Bertz CT molecular complexity index is 335. The van der Waals surface area contributed by atoms with Gasteiger partial charge in [-0.05, 0) is 31.7 Å². The van der Waals surface area contributed by atoms with Crippen LogP contribution >= 0.6 is 0 Å². The molecule has 0 spiro atoms. The quantitative estimate of drug-likeness (QED) is 0.797. The van der Waals surface area contributed by atoms with Gasteiger partial charge >= 0.3 is 0 Å². The van der Waals surface area contributed by atoms with E-state index >= 15 is 0 Å². The zero-order valence-electron chi connectivity index (χ0n) is 9.35. The van der Waals surface area contributed by atoms with Gasteiger partial charge in [0, 0.05) is 25.8 Å². The highest BCUT2D eigenvalue weighted by molar-refractivity contribution is 5.38. The van der Waals surface area contributed by atoms with Crippen LogP contribution in [-0.2, 0) is 0 Å². The second-order valence-corrected chi connectivity index (χ2v) is 4.21. The summed E-state index contributed by atoms with van der Waals surface area (Å²) < 4.78 is 0. The molecule has 15 heavy (non-hydrogen) atoms. The molecule has 0 saturated heterocycles. The molecular formula is C11H18N4. The van der Waals surface area contributed by atoms with Gasteiger partial charge in [0.1, 0.15) is 11.6 Å². The second kappa shape index (κ2) is 4.14. The molecule has 1 aromatic rings. The van der Waals surface area contributed by atoms with E-state index in [0.717, 1.165) is 17.6 Å². The van der Waals surface area contributed by atoms with Crippen LogP contribution in [0.3, 0.4) is 0 Å². The maximum Gasteiger partial charge on any atom is 0.132 e. The lowest BCUT2D eigenvalue weighted by Gasteiger charge is -2.28. The standard InChI is InChI=1S/C11H18N4/c1-8-13-6-5-11(14-8)15(2)10(7-12)9-3-4-9/h5-6,9-10H,3-4,7,12H2,1-2H3. The van der Waals surface area contributed by atoms with Crippen LogP contribution in [0.15, 0.2) is 12.3 Å². The molecule has 1 atom stereocenters. The minimum Gasteiger partial charge on any atom is -0.355 e. The molecule has 1 aliphatic rings. The summed E-state index contributed by atoms with van der Waals surface area (Å²) >= 11 is 0. The van der Waals surface area contributed by atoms with Crippen molar-refractivity contribution < 1.29 is 0 Å². The number of rotatable bonds is 4. The molecule has 0 aromatic carbocycles. The highest BCUT2D eigenvalue weighted by Gasteiger charge is 2.33. The van der Waals surface area contributed by atoms with Crippen LogP contribution in [0.4, 0.5) is 5.82 Å². The number of anilines is 1. The summed E-state index contributed by atoms with van der Waals surface area (Å²) in [7, 11) is 2.07. The Morgan fingerprint density at radius 2 is 2.33 bits per heavy atom. The first-order valence-electron chi connectivity index (χ1n) is 5.45. The van der Waals surface area contributed by atoms with Gasteiger partial charge in [-0.1, -0.05) is 0 Å². The average Bonchev–Trinajstić information content (AvgIpc) is 3.03. The Balaban J connectivity index is 2.14. The van der Waals surface area contributed by atoms with Crippen LogP contribution in [0.1, 0.15) is 18.7 Å². The molecule has 1 saturated carbocycles. The van der Waals surface area contributed by atoms with Crippen LogP contribution in [0, 0.1) is 12.8 Å². The largest absolute Gasteiger partial charge is 0.355 e. The first-order valence-corrected chi connectivity index (χ1v) is 5.45. The van der Waals surface area contributed by atoms with E-state index in [1.165, 1.54) is 12.8 Å². The zero-order chi connectivity index (χ0) is 10.8. The fraction of sp³-hybridized carbons (Fsp3) is 0.636. The zero-order valence-corrected chi connectivity index (χ0v) is 9.35. The predicted octanol–water partition coefficient (Wildman–Crippen LogP) is 0.959. The number of aromatic nitrogens is 2. The summed E-state index contributed by atoms with van der Waals surface area (Å²) in [5.41, 5.74) is 5.80. The van der Waals surface area contributed by atoms with E-state index < -0.39 is 0 Å². The lowest BCUT2D eigenvalue weighted by atomic mass is 10.1. The van der Waals surface area contributed by atoms with Gasteiger partial charge in [-0.25, -0.2) is 9.97 Å². The highest BCUT2D eigenvalue weighted by Crippen LogP contribution is 2.35. The normalized spacial score (nSPS) is 17.5. The van der Waals surface area contributed by atoms with E-state index in [1.807, 2.05) is 13.0 Å². The summed E-state index contributed by atoms with van der Waals surface area (Å²) in [5, 5.41) is 0. The monoisotopic (exact) mass is 206 g/mol. The summed E-state index contributed by atoms with van der Waals surface area (Å²) in [5.74, 6) is 2.55. The van der Waals surface area contributed by atoms with Crippen LogP contribution in [-0.4, -0.2) is 29.6 Å². The van der Waals surface area contributed by atoms with Gasteiger partial charge < -0.3 is 10.6 Å². The molecule has 82 valence electrons. The number of likely N-dealkylation sites (N-methyl/N-ethyl adjacent to an activating group) is 1. The third kappa shape index (κ3) is 2.26. The van der Waals surface area contributed by atoms with Crippen LogP contribution < -0.4 is 10.6 Å². The van der Waals surface area contributed by atoms with E-state index in [9.17, 15) is 0 Å². The number of nitrogens with zero attached hydrogens (tertiary/aromatic N) is 3. The predicted molar refractivity (Wildman–Crippen MR) is 60.7 cm³/mol. The van der Waals surface area contributed by atoms with Crippen molar-refractivity contribution in [2.75, 3.05) is 18.5 Å². The van der Waals surface area contributed by atoms with Gasteiger partial charge in [0.05, 0.1) is 0 Å². The van der Waals surface area contributed by atoms with Crippen molar-refractivity contribution in [3.8, 4) is 0 Å². The van der Waals surface area contributed by atoms with Crippen molar-refractivity contribution >= 4 is 5.82 Å². The van der Waals surface area contributed by atoms with Gasteiger partial charge in [-0.2, -0.15) is 0 Å². The van der Waals surface area contributed by atoms with Crippen molar-refractivity contribution in [2.45, 2.75) is 25.8 Å². The molecule has 0 bridgehead atoms. The summed E-state index contributed by atoms with van der Waals surface area (Å²) in [6.07, 6.45) is 4.40. The van der Waals surface area contributed by atoms with Crippen molar-refractivity contribution in [1.82, 2.24) is 9.97 Å². The SMILES string of the molecule is Cc1nccc(N(C)C(CN)C2CC2)n1. The minimum absolute atomic E-state index is 0.430. The molecule has 1 aliphatic carbocycles. The number of hydrogen-bond donors (Lipinski definition) is 1. The number of hydrogen-bond acceptors (Lipinski definition) is 4. The summed E-state index contributed by atoms with van der Waals surface area (Å²) in [4.78, 5) is 10.7. The Labute approximate surface area is 90.5 Å². The fourth-order valence-electron chi connectivity index (χ4n) is 1.96. The lowest BCUT2D eigenvalue weighted by Crippen LogP contribution is -2.40. The molecular weight excluding hydrogens is 188 g/mol. The lowest BCUT2D eigenvalue weighted by molar-refractivity contribution is 0.565. The Kier molecular flexibility index (Phi) is 2.86. The molecule has 2 N–H and O–H groups in total. The summed E-state index contributed by atoms with van der Waals surface area (Å²) in [6.45, 7) is 2.61. The van der Waals surface area contributed by atoms with Crippen LogP contribution in [0.2, 0.25) is 0 Å². The van der Waals surface area contributed by atoms with E-state index in [2.05, 4.69) is 21.9 Å². The molecule has 0 radical (unpaired) electrons. The molecule has 1 fully saturated rings. The van der Waals surface area contributed by atoms with Crippen LogP contribution in [0.25, 0.3) is 0 Å². The maximum atomic E-state index is 5.80. The third-order valence-electron chi connectivity index (χ3n) is 3.03. The van der Waals surface area contributed by atoms with Crippen molar-refractivity contribution in [2.24, 2.45) is 11.7 Å². The Morgan fingerprint density at radius 3 is 2.87 bits per heavy atom. The number of nitrogens with two attached hydrogens (primary N) is 1. The Hall–Kier alpha value is -1.16. The number of aryl methyl sites for hydroxylation is 1. The second-order valence-electron chi connectivity index (χ2n) is 4.21. The third-order valence-corrected chi connectivity index (χ3v) is 3.03. The molecule has 0 amide bonds. The minimum atomic E-state index is 0.430. The molecule has 4 heteroatoms. The molecule has 1 unspecified atom stereocenters. The van der Waals surface area contributed by atoms with E-state index in [-0.39, 0.29) is 0 Å². The first-order chi connectivity index (χ1) is 7.22. The molecule has 2 rings (SSSR count). The van der Waals surface area contributed by atoms with Gasteiger partial charge in [0.15, 0.2) is 0 Å². The van der Waals surface area contributed by atoms with E-state index in [4.69, 9.17) is 5.73 Å². The van der Waals surface area contributed by atoms with Gasteiger partial charge in [0.2, 0.25) is 0 Å². The maximum absolute atomic E-state index is 5.80. The molecule has 4 nitrogen and oxygen atoms in total. The fourth-order valence-corrected chi connectivity index (χ4v) is 1.96. The van der Waals surface area contributed by atoms with Crippen molar-refractivity contribution in [3.63, 3.8) is 0 Å². The summed E-state index contributed by atoms with van der Waals surface area (Å²) in [6, 6.07) is 2.37. The van der Waals surface area contributed by atoms with Crippen LogP contribution in [0.5, 0.6) is 0 Å². The van der Waals surface area contributed by atoms with Gasteiger partial charge in [0.25, 0.3) is 0 Å². The van der Waals surface area contributed by atoms with Gasteiger partial charge in [-0.15, -0.1) is 0 Å². The highest BCUT2D eigenvalue weighted by atomic mass is 15.2. The molecule has 0 aliphatic heterocycles. The molecule has 1 heterocycles. The van der Waals surface area contributed by atoms with E-state index in [0.29, 0.717) is 12.6 Å². The van der Waals surface area contributed by atoms with E-state index in [1.54, 1.807) is 6.20 Å². The Morgan fingerprint density at radius 1 is 1.60 bits per heavy atom. The van der Waals surface area contributed by atoms with Crippen molar-refractivity contribution in [1.29, 1.82) is 0 Å². The molecule has 1 aromatic heterocycles. The topological polar surface area (TPSA) is 55.0 Å².